The molecule has 0 unspecified atom stereocenters. The molecule has 0 atom stereocenters. The summed E-state index contributed by atoms with van der Waals surface area (Å²) in [5.74, 6) is -1.55. The van der Waals surface area contributed by atoms with Crippen molar-refractivity contribution in [2.24, 2.45) is 0 Å². The Morgan fingerprint density at radius 3 is 1.70 bits per heavy atom. The van der Waals surface area contributed by atoms with Gasteiger partial charge in [-0.1, -0.05) is 6.07 Å². The number of rotatable bonds is 2. The van der Waals surface area contributed by atoms with E-state index in [-0.39, 0.29) is 11.8 Å². The van der Waals surface area contributed by atoms with E-state index in [9.17, 15) is 44.3 Å². The zero-order chi connectivity index (χ0) is 20.6. The van der Waals surface area contributed by atoms with Gasteiger partial charge in [-0.25, -0.2) is 0 Å². The van der Waals surface area contributed by atoms with Crippen molar-refractivity contribution in [3.05, 3.63) is 64.7 Å². The van der Waals surface area contributed by atoms with Gasteiger partial charge in [-0.3, -0.25) is 4.79 Å². The van der Waals surface area contributed by atoms with Crippen LogP contribution in [0.25, 0.3) is 0 Å². The molecule has 0 aliphatic heterocycles. The van der Waals surface area contributed by atoms with E-state index in [0.717, 1.165) is 12.1 Å². The monoisotopic (exact) mass is 401 g/mol. The number of alkyl halides is 9. The summed E-state index contributed by atoms with van der Waals surface area (Å²) in [6.07, 6.45) is -15.5. The minimum atomic E-state index is -5.49. The third-order valence-corrected chi connectivity index (χ3v) is 3.37. The minimum Gasteiger partial charge on any atom is -0.322 e. The highest BCUT2D eigenvalue weighted by atomic mass is 19.4. The molecule has 1 N–H and O–H groups in total. The second kappa shape index (κ2) is 6.78. The molecule has 0 heterocycles. The summed E-state index contributed by atoms with van der Waals surface area (Å²) in [5.41, 5.74) is -6.93. The van der Waals surface area contributed by atoms with E-state index in [4.69, 9.17) is 0 Å². The van der Waals surface area contributed by atoms with Crippen LogP contribution >= 0.6 is 0 Å². The Kier molecular flexibility index (Phi) is 5.17. The molecule has 1 amide bonds. The summed E-state index contributed by atoms with van der Waals surface area (Å²) < 4.78 is 115. The number of benzene rings is 2. The topological polar surface area (TPSA) is 29.1 Å². The fourth-order valence-corrected chi connectivity index (χ4v) is 2.22. The number of halogens is 9. The van der Waals surface area contributed by atoms with Crippen LogP contribution in [0.1, 0.15) is 27.0 Å². The molecule has 2 aromatic carbocycles. The fourth-order valence-electron chi connectivity index (χ4n) is 2.22. The van der Waals surface area contributed by atoms with E-state index < -0.39 is 46.7 Å². The van der Waals surface area contributed by atoms with E-state index in [1.165, 1.54) is 0 Å². The molecule has 2 aromatic rings. The maximum absolute atomic E-state index is 13.1. The van der Waals surface area contributed by atoms with Gasteiger partial charge in [0.05, 0.1) is 22.3 Å². The van der Waals surface area contributed by atoms with Gasteiger partial charge >= 0.3 is 18.5 Å². The van der Waals surface area contributed by atoms with Gasteiger partial charge in [0.25, 0.3) is 5.91 Å². The summed E-state index contributed by atoms with van der Waals surface area (Å²) in [4.78, 5) is 12.0. The molecule has 2 nitrogen and oxygen atoms in total. The quantitative estimate of drug-likeness (QED) is 0.615. The zero-order valence-corrected chi connectivity index (χ0v) is 12.9. The average molecular weight is 401 g/mol. The Bertz CT molecular complexity index is 833. The summed E-state index contributed by atoms with van der Waals surface area (Å²) in [5, 5.41) is 1.85. The molecular weight excluding hydrogens is 393 g/mol. The van der Waals surface area contributed by atoms with Gasteiger partial charge in [0.1, 0.15) is 0 Å². The third-order valence-electron chi connectivity index (χ3n) is 3.37. The first kappa shape index (κ1) is 20.6. The molecule has 0 aromatic heterocycles. The Labute approximate surface area is 145 Å². The van der Waals surface area contributed by atoms with Crippen molar-refractivity contribution in [1.82, 2.24) is 0 Å². The lowest BCUT2D eigenvalue weighted by Gasteiger charge is -2.18. The lowest BCUT2D eigenvalue weighted by molar-refractivity contribution is -0.162. The molecular formula is C16H8F9NO. The van der Waals surface area contributed by atoms with Crippen molar-refractivity contribution in [3.63, 3.8) is 0 Å². The molecule has 11 heteroatoms. The van der Waals surface area contributed by atoms with Crippen LogP contribution < -0.4 is 5.32 Å². The number of nitrogens with one attached hydrogen (secondary N) is 1. The Morgan fingerprint density at radius 1 is 0.704 bits per heavy atom. The highest BCUT2D eigenvalue weighted by molar-refractivity contribution is 6.05. The average Bonchev–Trinajstić information content (AvgIpc) is 2.52. The van der Waals surface area contributed by atoms with E-state index >= 15 is 0 Å². The number of hydrogen-bond acceptors (Lipinski definition) is 1. The molecule has 0 fully saturated rings. The van der Waals surface area contributed by atoms with Crippen molar-refractivity contribution < 1.29 is 44.3 Å². The smallest absolute Gasteiger partial charge is 0.322 e. The molecule has 27 heavy (non-hydrogen) atoms. The van der Waals surface area contributed by atoms with Crippen LogP contribution in [0, 0.1) is 0 Å². The van der Waals surface area contributed by atoms with Crippen molar-refractivity contribution in [1.29, 1.82) is 0 Å². The highest BCUT2D eigenvalue weighted by Crippen LogP contribution is 2.42. The van der Waals surface area contributed by atoms with Gasteiger partial charge in [-0.2, -0.15) is 39.5 Å². The predicted molar refractivity (Wildman–Crippen MR) is 75.8 cm³/mol. The van der Waals surface area contributed by atoms with Crippen LogP contribution in [0.4, 0.5) is 45.2 Å². The van der Waals surface area contributed by atoms with Crippen LogP contribution in [0.5, 0.6) is 0 Å². The number of amides is 1. The van der Waals surface area contributed by atoms with Gasteiger partial charge in [-0.05, 0) is 36.4 Å². The minimum absolute atomic E-state index is 0.178. The van der Waals surface area contributed by atoms with Crippen molar-refractivity contribution in [2.75, 3.05) is 5.32 Å². The van der Waals surface area contributed by atoms with E-state index in [0.29, 0.717) is 24.3 Å². The number of anilines is 1. The van der Waals surface area contributed by atoms with E-state index in [1.807, 2.05) is 5.32 Å². The number of carbonyl (C=O) groups excluding carboxylic acids is 1. The first-order valence-corrected chi connectivity index (χ1v) is 6.97. The normalized spacial score (nSPS) is 12.8. The predicted octanol–water partition coefficient (Wildman–Crippen LogP) is 6.00. The van der Waals surface area contributed by atoms with Gasteiger partial charge in [0.2, 0.25) is 0 Å². The second-order valence-electron chi connectivity index (χ2n) is 5.25. The fraction of sp³-hybridized carbons (Fsp3) is 0.188. The van der Waals surface area contributed by atoms with Crippen molar-refractivity contribution in [2.45, 2.75) is 18.5 Å². The van der Waals surface area contributed by atoms with Crippen LogP contribution in [-0.2, 0) is 18.5 Å². The molecule has 0 saturated carbocycles. The van der Waals surface area contributed by atoms with Crippen LogP contribution in [-0.4, -0.2) is 5.91 Å². The Hall–Kier alpha value is -2.72. The lowest BCUT2D eigenvalue weighted by atomic mass is 9.99. The Morgan fingerprint density at radius 2 is 1.26 bits per heavy atom. The zero-order valence-electron chi connectivity index (χ0n) is 12.9. The lowest BCUT2D eigenvalue weighted by Crippen LogP contribution is -2.23. The number of hydrogen-bond donors (Lipinski definition) is 1. The Balaban J connectivity index is 2.42. The molecule has 0 radical (unpaired) electrons. The maximum Gasteiger partial charge on any atom is 0.417 e. The van der Waals surface area contributed by atoms with Gasteiger partial charge in [0, 0.05) is 5.69 Å². The van der Waals surface area contributed by atoms with Crippen LogP contribution in [0.2, 0.25) is 0 Å². The van der Waals surface area contributed by atoms with Gasteiger partial charge in [0.15, 0.2) is 0 Å². The first-order chi connectivity index (χ1) is 12.2. The molecule has 0 bridgehead atoms. The van der Waals surface area contributed by atoms with Crippen molar-refractivity contribution in [3.8, 4) is 0 Å². The van der Waals surface area contributed by atoms with Crippen LogP contribution in [0.15, 0.2) is 42.5 Å². The maximum atomic E-state index is 13.1. The molecule has 0 aliphatic rings. The standard InChI is InChI=1S/C16H8F9NO/c17-14(18,19)8-4-6-9(7-5-8)26-13(27)10-2-1-3-11(15(20,21)22)12(10)16(23,24)25/h1-7H,(H,26,27). The van der Waals surface area contributed by atoms with E-state index in [2.05, 4.69) is 0 Å². The summed E-state index contributed by atoms with van der Waals surface area (Å²) in [7, 11) is 0. The summed E-state index contributed by atoms with van der Waals surface area (Å²) >= 11 is 0. The summed E-state index contributed by atoms with van der Waals surface area (Å²) in [6.45, 7) is 0. The SMILES string of the molecule is O=C(Nc1ccc(C(F)(F)F)cc1)c1cccc(C(F)(F)F)c1C(F)(F)F. The van der Waals surface area contributed by atoms with Gasteiger partial charge < -0.3 is 5.32 Å². The first-order valence-electron chi connectivity index (χ1n) is 6.97. The molecule has 0 saturated heterocycles. The molecule has 0 aliphatic carbocycles. The van der Waals surface area contributed by atoms with E-state index in [1.54, 1.807) is 0 Å². The summed E-state index contributed by atoms with van der Waals surface area (Å²) in [6, 6.07) is 4.00. The molecule has 2 rings (SSSR count). The second-order valence-corrected chi connectivity index (χ2v) is 5.25. The van der Waals surface area contributed by atoms with Crippen LogP contribution in [0.3, 0.4) is 0 Å². The number of carbonyl (C=O) groups is 1. The molecule has 0 spiro atoms. The van der Waals surface area contributed by atoms with Crippen molar-refractivity contribution >= 4 is 11.6 Å². The molecule has 146 valence electrons. The third kappa shape index (κ3) is 4.72. The highest BCUT2D eigenvalue weighted by Gasteiger charge is 2.45. The largest absolute Gasteiger partial charge is 0.417 e. The van der Waals surface area contributed by atoms with Gasteiger partial charge in [-0.15, -0.1) is 0 Å².